The summed E-state index contributed by atoms with van der Waals surface area (Å²) in [6, 6.07) is 7.30. The largest absolute Gasteiger partial charge is 0.376 e. The standard InChI is InChI=1S/C18H29NO/c1-12(2)14-8-9-15(16(11-14)13(3)4)18(19-5)17-7-6-10-20-17/h8-9,11-13,17-19H,6-7,10H2,1-5H3. The minimum absolute atomic E-state index is 0.316. The fraction of sp³-hybridized carbons (Fsp3) is 0.667. The van der Waals surface area contributed by atoms with E-state index < -0.39 is 0 Å². The summed E-state index contributed by atoms with van der Waals surface area (Å²) in [5, 5.41) is 3.48. The first kappa shape index (κ1) is 15.5. The van der Waals surface area contributed by atoms with Crippen LogP contribution in [0.15, 0.2) is 18.2 Å². The molecule has 0 aromatic heterocycles. The zero-order chi connectivity index (χ0) is 14.7. The van der Waals surface area contributed by atoms with Crippen molar-refractivity contribution in [1.29, 1.82) is 0 Å². The first-order valence-electron chi connectivity index (χ1n) is 7.97. The van der Waals surface area contributed by atoms with Gasteiger partial charge >= 0.3 is 0 Å². The Labute approximate surface area is 123 Å². The van der Waals surface area contributed by atoms with E-state index in [0.717, 1.165) is 13.0 Å². The van der Waals surface area contributed by atoms with Crippen molar-refractivity contribution in [2.75, 3.05) is 13.7 Å². The molecule has 1 heterocycles. The smallest absolute Gasteiger partial charge is 0.0770 e. The molecule has 2 rings (SSSR count). The van der Waals surface area contributed by atoms with E-state index in [4.69, 9.17) is 4.74 Å². The molecule has 1 aliphatic rings. The molecule has 0 aliphatic carbocycles. The average Bonchev–Trinajstić information content (AvgIpc) is 2.93. The monoisotopic (exact) mass is 275 g/mol. The normalized spacial score (nSPS) is 20.9. The van der Waals surface area contributed by atoms with E-state index in [1.807, 2.05) is 7.05 Å². The summed E-state index contributed by atoms with van der Waals surface area (Å²) in [6.07, 6.45) is 2.67. The fourth-order valence-corrected chi connectivity index (χ4v) is 3.14. The molecule has 0 saturated carbocycles. The second kappa shape index (κ2) is 6.73. The van der Waals surface area contributed by atoms with Crippen molar-refractivity contribution in [2.45, 2.75) is 64.5 Å². The van der Waals surface area contributed by atoms with Crippen LogP contribution < -0.4 is 5.32 Å². The van der Waals surface area contributed by atoms with E-state index in [0.29, 0.717) is 24.0 Å². The summed E-state index contributed by atoms with van der Waals surface area (Å²) in [4.78, 5) is 0. The number of ether oxygens (including phenoxy) is 1. The predicted octanol–water partition coefficient (Wildman–Crippen LogP) is 4.37. The maximum atomic E-state index is 5.91. The zero-order valence-electron chi connectivity index (χ0n) is 13.6. The van der Waals surface area contributed by atoms with Gasteiger partial charge in [-0.3, -0.25) is 0 Å². The third-order valence-electron chi connectivity index (χ3n) is 4.38. The average molecular weight is 275 g/mol. The summed E-state index contributed by atoms with van der Waals surface area (Å²) < 4.78 is 5.91. The van der Waals surface area contributed by atoms with Gasteiger partial charge in [0.2, 0.25) is 0 Å². The highest BCUT2D eigenvalue weighted by atomic mass is 16.5. The minimum atomic E-state index is 0.316. The van der Waals surface area contributed by atoms with Gasteiger partial charge in [-0.15, -0.1) is 0 Å². The van der Waals surface area contributed by atoms with Gasteiger partial charge < -0.3 is 10.1 Å². The Morgan fingerprint density at radius 1 is 1.10 bits per heavy atom. The number of likely N-dealkylation sites (N-methyl/N-ethyl adjacent to an activating group) is 1. The topological polar surface area (TPSA) is 21.3 Å². The lowest BCUT2D eigenvalue weighted by atomic mass is 9.86. The van der Waals surface area contributed by atoms with Crippen molar-refractivity contribution in [2.24, 2.45) is 0 Å². The molecule has 2 unspecified atom stereocenters. The predicted molar refractivity (Wildman–Crippen MR) is 85.4 cm³/mol. The Hall–Kier alpha value is -0.860. The van der Waals surface area contributed by atoms with Crippen LogP contribution in [0.25, 0.3) is 0 Å². The maximum Gasteiger partial charge on any atom is 0.0770 e. The van der Waals surface area contributed by atoms with Crippen LogP contribution in [0.2, 0.25) is 0 Å². The Bertz CT molecular complexity index is 433. The summed E-state index contributed by atoms with van der Waals surface area (Å²) in [5.74, 6) is 1.12. The fourth-order valence-electron chi connectivity index (χ4n) is 3.14. The molecule has 112 valence electrons. The van der Waals surface area contributed by atoms with Crippen LogP contribution in [0.3, 0.4) is 0 Å². The molecule has 2 nitrogen and oxygen atoms in total. The molecule has 1 aromatic carbocycles. The quantitative estimate of drug-likeness (QED) is 0.861. The highest BCUT2D eigenvalue weighted by Crippen LogP contribution is 2.33. The van der Waals surface area contributed by atoms with Gasteiger partial charge in [0, 0.05) is 6.61 Å². The van der Waals surface area contributed by atoms with Crippen molar-refractivity contribution in [3.63, 3.8) is 0 Å². The van der Waals surface area contributed by atoms with E-state index >= 15 is 0 Å². The third kappa shape index (κ3) is 3.24. The second-order valence-electron chi connectivity index (χ2n) is 6.52. The van der Waals surface area contributed by atoms with Gasteiger partial charge in [0.15, 0.2) is 0 Å². The number of nitrogens with one attached hydrogen (secondary N) is 1. The highest BCUT2D eigenvalue weighted by molar-refractivity contribution is 5.38. The molecule has 0 bridgehead atoms. The number of rotatable bonds is 5. The molecule has 20 heavy (non-hydrogen) atoms. The third-order valence-corrected chi connectivity index (χ3v) is 4.38. The van der Waals surface area contributed by atoms with Crippen LogP contribution in [0.1, 0.15) is 75.1 Å². The molecular formula is C18H29NO. The lowest BCUT2D eigenvalue weighted by Gasteiger charge is -2.27. The van der Waals surface area contributed by atoms with Gasteiger partial charge in [-0.1, -0.05) is 45.9 Å². The van der Waals surface area contributed by atoms with E-state index in [2.05, 4.69) is 51.2 Å². The first-order valence-corrected chi connectivity index (χ1v) is 7.97. The maximum absolute atomic E-state index is 5.91. The molecule has 0 radical (unpaired) electrons. The van der Waals surface area contributed by atoms with Crippen LogP contribution in [0.4, 0.5) is 0 Å². The molecule has 0 spiro atoms. The van der Waals surface area contributed by atoms with Crippen LogP contribution in [0.5, 0.6) is 0 Å². The molecule has 0 amide bonds. The van der Waals surface area contributed by atoms with Gasteiger partial charge in [-0.05, 0) is 48.4 Å². The molecule has 1 fully saturated rings. The van der Waals surface area contributed by atoms with Crippen LogP contribution >= 0.6 is 0 Å². The van der Waals surface area contributed by atoms with Gasteiger partial charge in [-0.25, -0.2) is 0 Å². The van der Waals surface area contributed by atoms with Crippen molar-refractivity contribution < 1.29 is 4.74 Å². The number of benzene rings is 1. The summed E-state index contributed by atoms with van der Waals surface area (Å²) in [6.45, 7) is 9.99. The van der Waals surface area contributed by atoms with E-state index in [-0.39, 0.29) is 0 Å². The number of hydrogen-bond acceptors (Lipinski definition) is 2. The molecule has 2 atom stereocenters. The summed E-state index contributed by atoms with van der Waals surface area (Å²) in [5.41, 5.74) is 4.31. The lowest BCUT2D eigenvalue weighted by molar-refractivity contribution is 0.0804. The molecule has 2 heteroatoms. The number of hydrogen-bond donors (Lipinski definition) is 1. The molecule has 1 aromatic rings. The molecular weight excluding hydrogens is 246 g/mol. The second-order valence-corrected chi connectivity index (χ2v) is 6.52. The van der Waals surface area contributed by atoms with Crippen LogP contribution in [0, 0.1) is 0 Å². The van der Waals surface area contributed by atoms with Crippen molar-refractivity contribution in [3.05, 3.63) is 34.9 Å². The summed E-state index contributed by atoms with van der Waals surface area (Å²) in [7, 11) is 2.05. The Balaban J connectivity index is 2.37. The van der Waals surface area contributed by atoms with E-state index in [1.165, 1.54) is 23.1 Å². The lowest BCUT2D eigenvalue weighted by Crippen LogP contribution is -2.30. The highest BCUT2D eigenvalue weighted by Gasteiger charge is 2.28. The Morgan fingerprint density at radius 2 is 1.85 bits per heavy atom. The SMILES string of the molecule is CNC(c1ccc(C(C)C)cc1C(C)C)C1CCCO1. The van der Waals surface area contributed by atoms with Gasteiger partial charge in [0.1, 0.15) is 0 Å². The van der Waals surface area contributed by atoms with Gasteiger partial charge in [0.05, 0.1) is 12.1 Å². The zero-order valence-corrected chi connectivity index (χ0v) is 13.6. The Kier molecular flexibility index (Phi) is 5.22. The molecule has 1 N–H and O–H groups in total. The molecule has 1 saturated heterocycles. The van der Waals surface area contributed by atoms with Crippen molar-refractivity contribution >= 4 is 0 Å². The summed E-state index contributed by atoms with van der Waals surface area (Å²) >= 11 is 0. The van der Waals surface area contributed by atoms with Crippen molar-refractivity contribution in [1.82, 2.24) is 5.32 Å². The van der Waals surface area contributed by atoms with Crippen molar-refractivity contribution in [3.8, 4) is 0 Å². The van der Waals surface area contributed by atoms with Gasteiger partial charge in [0.25, 0.3) is 0 Å². The van der Waals surface area contributed by atoms with E-state index in [1.54, 1.807) is 0 Å². The van der Waals surface area contributed by atoms with Crippen LogP contribution in [-0.2, 0) is 4.74 Å². The van der Waals surface area contributed by atoms with Crippen LogP contribution in [-0.4, -0.2) is 19.8 Å². The minimum Gasteiger partial charge on any atom is -0.376 e. The van der Waals surface area contributed by atoms with E-state index in [9.17, 15) is 0 Å². The van der Waals surface area contributed by atoms with Gasteiger partial charge in [-0.2, -0.15) is 0 Å². The molecule has 1 aliphatic heterocycles. The Morgan fingerprint density at radius 3 is 2.35 bits per heavy atom. The first-order chi connectivity index (χ1) is 9.54.